The predicted octanol–water partition coefficient (Wildman–Crippen LogP) is 0.917. The number of hydrogen-bond donors (Lipinski definition) is 1. The highest BCUT2D eigenvalue weighted by Gasteiger charge is 2.29. The molecule has 0 aromatic carbocycles. The first kappa shape index (κ1) is 8.66. The summed E-state index contributed by atoms with van der Waals surface area (Å²) in [7, 11) is 0. The van der Waals surface area contributed by atoms with E-state index in [9.17, 15) is 0 Å². The van der Waals surface area contributed by atoms with Crippen LogP contribution in [0.5, 0.6) is 0 Å². The molecule has 0 saturated carbocycles. The number of hydrogen-bond acceptors (Lipinski definition) is 3. The fraction of sp³-hybridized carbons (Fsp3) is 0.500. The van der Waals surface area contributed by atoms with E-state index in [1.54, 1.807) is 6.20 Å². The van der Waals surface area contributed by atoms with E-state index in [1.807, 2.05) is 12.3 Å². The van der Waals surface area contributed by atoms with Gasteiger partial charge in [-0.25, -0.2) is 0 Å². The van der Waals surface area contributed by atoms with Crippen LogP contribution in [-0.4, -0.2) is 24.7 Å². The van der Waals surface area contributed by atoms with Crippen molar-refractivity contribution in [1.29, 1.82) is 0 Å². The van der Waals surface area contributed by atoms with E-state index in [4.69, 9.17) is 4.74 Å². The number of rotatable bonds is 1. The molecule has 1 N–H and O–H groups in total. The lowest BCUT2D eigenvalue weighted by molar-refractivity contribution is -0.0574. The van der Waals surface area contributed by atoms with E-state index in [1.165, 1.54) is 0 Å². The SMILES string of the molecule is C[C@@]1(c2cccnc2)CNCCO1. The minimum Gasteiger partial charge on any atom is -0.368 e. The summed E-state index contributed by atoms with van der Waals surface area (Å²) < 4.78 is 5.75. The molecule has 1 fully saturated rings. The van der Waals surface area contributed by atoms with Crippen LogP contribution in [0.1, 0.15) is 12.5 Å². The summed E-state index contributed by atoms with van der Waals surface area (Å²) in [6.07, 6.45) is 3.65. The van der Waals surface area contributed by atoms with Crippen molar-refractivity contribution in [1.82, 2.24) is 10.3 Å². The lowest BCUT2D eigenvalue weighted by Gasteiger charge is -2.34. The van der Waals surface area contributed by atoms with Gasteiger partial charge in [-0.3, -0.25) is 4.98 Å². The second-order valence-electron chi connectivity index (χ2n) is 3.50. The second-order valence-corrected chi connectivity index (χ2v) is 3.50. The Balaban J connectivity index is 2.23. The Morgan fingerprint density at radius 1 is 1.62 bits per heavy atom. The van der Waals surface area contributed by atoms with E-state index in [0.717, 1.165) is 25.3 Å². The van der Waals surface area contributed by atoms with Crippen LogP contribution in [0.2, 0.25) is 0 Å². The molecule has 0 unspecified atom stereocenters. The zero-order chi connectivity index (χ0) is 9.15. The first-order valence-corrected chi connectivity index (χ1v) is 4.56. The van der Waals surface area contributed by atoms with Crippen molar-refractivity contribution in [3.8, 4) is 0 Å². The van der Waals surface area contributed by atoms with Crippen molar-refractivity contribution in [2.24, 2.45) is 0 Å². The zero-order valence-electron chi connectivity index (χ0n) is 7.79. The monoisotopic (exact) mass is 178 g/mol. The maximum atomic E-state index is 5.75. The lowest BCUT2D eigenvalue weighted by atomic mass is 9.96. The lowest BCUT2D eigenvalue weighted by Crippen LogP contribution is -2.45. The molecule has 1 aromatic rings. The third kappa shape index (κ3) is 1.71. The predicted molar refractivity (Wildman–Crippen MR) is 50.4 cm³/mol. The highest BCUT2D eigenvalue weighted by molar-refractivity contribution is 5.18. The molecular weight excluding hydrogens is 164 g/mol. The maximum absolute atomic E-state index is 5.75. The van der Waals surface area contributed by atoms with Crippen molar-refractivity contribution in [3.63, 3.8) is 0 Å². The average molecular weight is 178 g/mol. The van der Waals surface area contributed by atoms with Crippen LogP contribution in [-0.2, 0) is 10.3 Å². The first-order chi connectivity index (χ1) is 6.31. The molecule has 70 valence electrons. The number of aromatic nitrogens is 1. The summed E-state index contributed by atoms with van der Waals surface area (Å²) in [6, 6.07) is 4.00. The van der Waals surface area contributed by atoms with Crippen LogP contribution in [0, 0.1) is 0 Å². The van der Waals surface area contributed by atoms with Gasteiger partial charge in [0.05, 0.1) is 6.61 Å². The molecular formula is C10H14N2O. The zero-order valence-corrected chi connectivity index (χ0v) is 7.79. The van der Waals surface area contributed by atoms with Gasteiger partial charge in [-0.05, 0) is 13.0 Å². The van der Waals surface area contributed by atoms with Crippen molar-refractivity contribution in [2.45, 2.75) is 12.5 Å². The van der Waals surface area contributed by atoms with Crippen molar-refractivity contribution in [2.75, 3.05) is 19.7 Å². The molecule has 1 aliphatic rings. The topological polar surface area (TPSA) is 34.2 Å². The molecule has 0 spiro atoms. The number of pyridine rings is 1. The Morgan fingerprint density at radius 2 is 2.54 bits per heavy atom. The standard InChI is InChI=1S/C10H14N2O/c1-10(8-12-5-6-13-10)9-3-2-4-11-7-9/h2-4,7,12H,5-6,8H2,1H3/t10-/m0/s1. The van der Waals surface area contributed by atoms with E-state index in [-0.39, 0.29) is 5.60 Å². The minimum atomic E-state index is -0.202. The van der Waals surface area contributed by atoms with Crippen LogP contribution < -0.4 is 5.32 Å². The number of ether oxygens (including phenoxy) is 1. The van der Waals surface area contributed by atoms with E-state index in [2.05, 4.69) is 23.3 Å². The van der Waals surface area contributed by atoms with Gasteiger partial charge >= 0.3 is 0 Å². The maximum Gasteiger partial charge on any atom is 0.104 e. The molecule has 0 bridgehead atoms. The summed E-state index contributed by atoms with van der Waals surface area (Å²) in [4.78, 5) is 4.10. The molecule has 0 amide bonds. The Labute approximate surface area is 78.1 Å². The molecule has 1 atom stereocenters. The van der Waals surface area contributed by atoms with E-state index in [0.29, 0.717) is 0 Å². The summed E-state index contributed by atoms with van der Waals surface area (Å²) >= 11 is 0. The van der Waals surface area contributed by atoms with Gasteiger partial charge in [0.15, 0.2) is 0 Å². The second kappa shape index (κ2) is 3.44. The van der Waals surface area contributed by atoms with E-state index >= 15 is 0 Å². The third-order valence-electron chi connectivity index (χ3n) is 2.43. The first-order valence-electron chi connectivity index (χ1n) is 4.56. The van der Waals surface area contributed by atoms with Crippen molar-refractivity contribution < 1.29 is 4.74 Å². The summed E-state index contributed by atoms with van der Waals surface area (Å²) in [6.45, 7) is 4.66. The van der Waals surface area contributed by atoms with Crippen LogP contribution in [0.25, 0.3) is 0 Å². The van der Waals surface area contributed by atoms with Crippen LogP contribution in [0.15, 0.2) is 24.5 Å². The summed E-state index contributed by atoms with van der Waals surface area (Å²) in [5, 5.41) is 3.32. The Hall–Kier alpha value is -0.930. The molecule has 3 heteroatoms. The van der Waals surface area contributed by atoms with Crippen LogP contribution in [0.3, 0.4) is 0 Å². The number of nitrogens with one attached hydrogen (secondary N) is 1. The molecule has 1 aromatic heterocycles. The fourth-order valence-corrected chi connectivity index (χ4v) is 1.59. The summed E-state index contributed by atoms with van der Waals surface area (Å²) in [5.41, 5.74) is 0.939. The van der Waals surface area contributed by atoms with E-state index < -0.39 is 0 Å². The van der Waals surface area contributed by atoms with Gasteiger partial charge in [0, 0.05) is 31.0 Å². The number of morpholine rings is 1. The molecule has 2 rings (SSSR count). The fourth-order valence-electron chi connectivity index (χ4n) is 1.59. The van der Waals surface area contributed by atoms with Crippen molar-refractivity contribution in [3.05, 3.63) is 30.1 Å². The molecule has 0 aliphatic carbocycles. The number of nitrogens with zero attached hydrogens (tertiary/aromatic N) is 1. The minimum absolute atomic E-state index is 0.202. The molecule has 13 heavy (non-hydrogen) atoms. The quantitative estimate of drug-likeness (QED) is 0.694. The molecule has 0 radical (unpaired) electrons. The Morgan fingerprint density at radius 3 is 3.15 bits per heavy atom. The van der Waals surface area contributed by atoms with Crippen LogP contribution in [0.4, 0.5) is 0 Å². The largest absolute Gasteiger partial charge is 0.368 e. The molecule has 1 saturated heterocycles. The molecule has 2 heterocycles. The van der Waals surface area contributed by atoms with Gasteiger partial charge in [-0.2, -0.15) is 0 Å². The third-order valence-corrected chi connectivity index (χ3v) is 2.43. The van der Waals surface area contributed by atoms with Gasteiger partial charge in [-0.1, -0.05) is 6.07 Å². The summed E-state index contributed by atoms with van der Waals surface area (Å²) in [5.74, 6) is 0. The van der Waals surface area contributed by atoms with Crippen molar-refractivity contribution >= 4 is 0 Å². The van der Waals surface area contributed by atoms with Gasteiger partial charge in [0.1, 0.15) is 5.60 Å². The van der Waals surface area contributed by atoms with Crippen LogP contribution >= 0.6 is 0 Å². The van der Waals surface area contributed by atoms with Gasteiger partial charge in [-0.15, -0.1) is 0 Å². The smallest absolute Gasteiger partial charge is 0.104 e. The highest BCUT2D eigenvalue weighted by Crippen LogP contribution is 2.25. The van der Waals surface area contributed by atoms with Gasteiger partial charge < -0.3 is 10.1 Å². The normalized spacial score (nSPS) is 28.7. The highest BCUT2D eigenvalue weighted by atomic mass is 16.5. The average Bonchev–Trinajstić information content (AvgIpc) is 2.20. The molecule has 1 aliphatic heterocycles. The Kier molecular flexibility index (Phi) is 2.29. The van der Waals surface area contributed by atoms with Gasteiger partial charge in [0.25, 0.3) is 0 Å². The van der Waals surface area contributed by atoms with Gasteiger partial charge in [0.2, 0.25) is 0 Å². The molecule has 3 nitrogen and oxygen atoms in total. The Bertz CT molecular complexity index is 268.